The Morgan fingerprint density at radius 3 is 2.40 bits per heavy atom. The molecule has 0 radical (unpaired) electrons. The summed E-state index contributed by atoms with van der Waals surface area (Å²) in [5.41, 5.74) is 7.05. The zero-order valence-electron chi connectivity index (χ0n) is 15.0. The number of nitrogens with two attached hydrogens (primary N) is 1. The lowest BCUT2D eigenvalue weighted by Gasteiger charge is -2.34. The second-order valence-corrected chi connectivity index (χ2v) is 7.19. The van der Waals surface area contributed by atoms with E-state index in [-0.39, 0.29) is 24.6 Å². The van der Waals surface area contributed by atoms with Crippen molar-refractivity contribution in [3.8, 4) is 5.75 Å². The Morgan fingerprint density at radius 2 is 1.84 bits per heavy atom. The fourth-order valence-electron chi connectivity index (χ4n) is 2.47. The average Bonchev–Trinajstić information content (AvgIpc) is 2.53. The molecule has 0 saturated heterocycles. The van der Waals surface area contributed by atoms with E-state index in [1.165, 1.54) is 4.90 Å². The number of benzene rings is 2. The van der Waals surface area contributed by atoms with E-state index >= 15 is 0 Å². The molecule has 1 unspecified atom stereocenters. The number of hydrogen-bond acceptors (Lipinski definition) is 3. The van der Waals surface area contributed by atoms with Crippen molar-refractivity contribution in [3.63, 3.8) is 0 Å². The topological polar surface area (TPSA) is 75.8 Å². The maximum Gasteiger partial charge on any atom is 0.407 e. The van der Waals surface area contributed by atoms with Crippen molar-refractivity contribution in [3.05, 3.63) is 60.2 Å². The van der Waals surface area contributed by atoms with Crippen LogP contribution in [0, 0.1) is 5.41 Å². The van der Waals surface area contributed by atoms with Gasteiger partial charge in [0, 0.05) is 17.6 Å². The molecule has 1 atom stereocenters. The lowest BCUT2D eigenvalue weighted by atomic mass is 9.88. The fraction of sp³-hybridized carbons (Fsp3) is 0.350. The molecular weight excluding hydrogens is 316 g/mol. The lowest BCUT2D eigenvalue weighted by Crippen LogP contribution is -2.44. The number of amides is 1. The quantitative estimate of drug-likeness (QED) is 0.770. The highest BCUT2D eigenvalue weighted by atomic mass is 16.5. The third-order valence-electron chi connectivity index (χ3n) is 3.97. The molecule has 25 heavy (non-hydrogen) atoms. The van der Waals surface area contributed by atoms with Crippen molar-refractivity contribution in [2.24, 2.45) is 5.41 Å². The molecular formula is C20H26N2O3. The summed E-state index contributed by atoms with van der Waals surface area (Å²) >= 11 is 0. The summed E-state index contributed by atoms with van der Waals surface area (Å²) in [5.74, 6) is 0.733. The van der Waals surface area contributed by atoms with Gasteiger partial charge in [0.05, 0.1) is 6.54 Å². The Balaban J connectivity index is 2.16. The lowest BCUT2D eigenvalue weighted by molar-refractivity contribution is 0.0459. The maximum atomic E-state index is 11.7. The number of rotatable bonds is 6. The summed E-state index contributed by atoms with van der Waals surface area (Å²) in [4.78, 5) is 13.1. The molecule has 0 aliphatic rings. The van der Waals surface area contributed by atoms with Gasteiger partial charge in [-0.3, -0.25) is 0 Å². The molecule has 2 aromatic rings. The number of carboxylic acid groups (broad SMARTS) is 1. The molecule has 5 heteroatoms. The van der Waals surface area contributed by atoms with Crippen molar-refractivity contribution >= 4 is 11.8 Å². The predicted molar refractivity (Wildman–Crippen MR) is 99.6 cm³/mol. The summed E-state index contributed by atoms with van der Waals surface area (Å²) < 4.78 is 6.09. The van der Waals surface area contributed by atoms with E-state index in [4.69, 9.17) is 10.5 Å². The number of ether oxygens (including phenoxy) is 1. The predicted octanol–water partition coefficient (Wildman–Crippen LogP) is 4.24. The van der Waals surface area contributed by atoms with Crippen LogP contribution in [0.4, 0.5) is 10.5 Å². The van der Waals surface area contributed by atoms with Crippen LogP contribution in [0.15, 0.2) is 54.6 Å². The minimum atomic E-state index is -0.978. The van der Waals surface area contributed by atoms with Crippen molar-refractivity contribution < 1.29 is 14.6 Å². The van der Waals surface area contributed by atoms with Crippen molar-refractivity contribution in [1.82, 2.24) is 4.90 Å². The highest BCUT2D eigenvalue weighted by Crippen LogP contribution is 2.26. The number of nitrogen functional groups attached to an aromatic ring is 1. The summed E-state index contributed by atoms with van der Waals surface area (Å²) in [6, 6.07) is 16.7. The van der Waals surface area contributed by atoms with Crippen LogP contribution in [-0.4, -0.2) is 28.7 Å². The Hall–Kier alpha value is -2.69. The van der Waals surface area contributed by atoms with Crippen LogP contribution in [0.5, 0.6) is 5.75 Å². The molecule has 5 nitrogen and oxygen atoms in total. The van der Waals surface area contributed by atoms with Gasteiger partial charge >= 0.3 is 6.09 Å². The van der Waals surface area contributed by atoms with Crippen molar-refractivity contribution in [2.45, 2.75) is 33.4 Å². The first kappa shape index (κ1) is 18.6. The van der Waals surface area contributed by atoms with Gasteiger partial charge in [-0.25, -0.2) is 4.79 Å². The zero-order valence-corrected chi connectivity index (χ0v) is 15.0. The maximum absolute atomic E-state index is 11.7. The molecule has 0 aliphatic carbocycles. The minimum Gasteiger partial charge on any atom is -0.488 e. The molecule has 2 aromatic carbocycles. The summed E-state index contributed by atoms with van der Waals surface area (Å²) in [6.45, 7) is 6.66. The molecule has 0 fully saturated rings. The number of nitrogens with zero attached hydrogens (tertiary/aromatic N) is 1. The van der Waals surface area contributed by atoms with Gasteiger partial charge in [0.15, 0.2) is 0 Å². The molecule has 0 bridgehead atoms. The summed E-state index contributed by atoms with van der Waals surface area (Å²) in [5, 5.41) is 9.62. The molecule has 0 heterocycles. The minimum absolute atomic E-state index is 0.223. The number of hydrogen-bond donors (Lipinski definition) is 2. The molecule has 0 spiro atoms. The van der Waals surface area contributed by atoms with Crippen molar-refractivity contribution in [2.75, 3.05) is 12.3 Å². The molecule has 0 saturated carbocycles. The van der Waals surface area contributed by atoms with Crippen LogP contribution in [-0.2, 0) is 6.54 Å². The molecule has 2 rings (SSSR count). The van der Waals surface area contributed by atoms with Crippen LogP contribution in [0.2, 0.25) is 0 Å². The van der Waals surface area contributed by atoms with E-state index < -0.39 is 6.09 Å². The SMILES string of the molecule is CC(C)(C)C(CN(Cc1cccc(N)c1)C(=O)O)Oc1ccccc1. The first-order valence-corrected chi connectivity index (χ1v) is 8.29. The summed E-state index contributed by atoms with van der Waals surface area (Å²) in [6.07, 6.45) is -1.26. The third-order valence-corrected chi connectivity index (χ3v) is 3.97. The van der Waals surface area contributed by atoms with Gasteiger partial charge in [-0.2, -0.15) is 0 Å². The molecule has 0 aliphatic heterocycles. The van der Waals surface area contributed by atoms with Gasteiger partial charge in [0.2, 0.25) is 0 Å². The normalized spacial score (nSPS) is 12.4. The smallest absolute Gasteiger partial charge is 0.407 e. The first-order chi connectivity index (χ1) is 11.8. The van der Waals surface area contributed by atoms with E-state index in [1.807, 2.05) is 63.2 Å². The Labute approximate surface area is 149 Å². The van der Waals surface area contributed by atoms with Gasteiger partial charge in [0.1, 0.15) is 11.9 Å². The zero-order chi connectivity index (χ0) is 18.4. The molecule has 3 N–H and O–H groups in total. The van der Waals surface area contributed by atoms with E-state index in [0.29, 0.717) is 5.69 Å². The number of carbonyl (C=O) groups is 1. The Morgan fingerprint density at radius 1 is 1.16 bits per heavy atom. The molecule has 1 amide bonds. The average molecular weight is 342 g/mol. The van der Waals surface area contributed by atoms with Gasteiger partial charge in [-0.1, -0.05) is 51.1 Å². The van der Waals surface area contributed by atoms with Crippen LogP contribution >= 0.6 is 0 Å². The van der Waals surface area contributed by atoms with Gasteiger partial charge < -0.3 is 20.5 Å². The highest BCUT2D eigenvalue weighted by molar-refractivity contribution is 5.65. The van der Waals surface area contributed by atoms with Crippen LogP contribution in [0.3, 0.4) is 0 Å². The van der Waals surface area contributed by atoms with Gasteiger partial charge in [-0.15, -0.1) is 0 Å². The number of anilines is 1. The second-order valence-electron chi connectivity index (χ2n) is 7.19. The number of para-hydroxylation sites is 1. The monoisotopic (exact) mass is 342 g/mol. The summed E-state index contributed by atoms with van der Waals surface area (Å²) in [7, 11) is 0. The standard InChI is InChI=1S/C20H26N2O3/c1-20(2,3)18(25-17-10-5-4-6-11-17)14-22(19(23)24)13-15-8-7-9-16(21)12-15/h4-12,18H,13-14,21H2,1-3H3,(H,23,24). The molecule has 134 valence electrons. The highest BCUT2D eigenvalue weighted by Gasteiger charge is 2.30. The first-order valence-electron chi connectivity index (χ1n) is 8.29. The van der Waals surface area contributed by atoms with E-state index in [9.17, 15) is 9.90 Å². The van der Waals surface area contributed by atoms with E-state index in [0.717, 1.165) is 11.3 Å². The van der Waals surface area contributed by atoms with E-state index in [2.05, 4.69) is 0 Å². The van der Waals surface area contributed by atoms with Gasteiger partial charge in [-0.05, 0) is 29.8 Å². The Kier molecular flexibility index (Phi) is 5.91. The fourth-order valence-corrected chi connectivity index (χ4v) is 2.47. The van der Waals surface area contributed by atoms with Crippen LogP contribution < -0.4 is 10.5 Å². The Bertz CT molecular complexity index is 696. The third kappa shape index (κ3) is 5.71. The largest absolute Gasteiger partial charge is 0.488 e. The van der Waals surface area contributed by atoms with Crippen LogP contribution in [0.1, 0.15) is 26.3 Å². The van der Waals surface area contributed by atoms with Crippen molar-refractivity contribution in [1.29, 1.82) is 0 Å². The molecule has 0 aromatic heterocycles. The van der Waals surface area contributed by atoms with Crippen LogP contribution in [0.25, 0.3) is 0 Å². The van der Waals surface area contributed by atoms with E-state index in [1.54, 1.807) is 12.1 Å². The second kappa shape index (κ2) is 7.92. The van der Waals surface area contributed by atoms with Gasteiger partial charge in [0.25, 0.3) is 0 Å².